The largest absolute Gasteiger partial charge is 0.337 e. The van der Waals surface area contributed by atoms with E-state index >= 15 is 0 Å². The van der Waals surface area contributed by atoms with E-state index in [1.807, 2.05) is 53.2 Å². The van der Waals surface area contributed by atoms with E-state index in [1.165, 1.54) is 6.33 Å². The number of nitrogens with zero attached hydrogens (tertiary/aromatic N) is 7. The van der Waals surface area contributed by atoms with Gasteiger partial charge in [0.25, 0.3) is 5.91 Å². The lowest BCUT2D eigenvalue weighted by Gasteiger charge is -2.33. The third kappa shape index (κ3) is 3.15. The normalized spacial score (nSPS) is 17.6. The zero-order chi connectivity index (χ0) is 17.2. The monoisotopic (exact) mass is 337 g/mol. The molecule has 0 N–H and O–H groups in total. The van der Waals surface area contributed by atoms with Gasteiger partial charge in [-0.2, -0.15) is 5.10 Å². The number of aromatic nitrogens is 6. The molecule has 1 saturated heterocycles. The van der Waals surface area contributed by atoms with Crippen molar-refractivity contribution in [2.45, 2.75) is 25.8 Å². The third-order valence-electron chi connectivity index (χ3n) is 4.50. The lowest BCUT2D eigenvalue weighted by atomic mass is 10.0. The number of likely N-dealkylation sites (tertiary alicyclic amines) is 1. The minimum atomic E-state index is 0.0310. The lowest BCUT2D eigenvalue weighted by Crippen LogP contribution is -2.40. The summed E-state index contributed by atoms with van der Waals surface area (Å²) < 4.78 is 3.52. The van der Waals surface area contributed by atoms with Crippen molar-refractivity contribution in [1.82, 2.24) is 34.9 Å². The van der Waals surface area contributed by atoms with Crippen LogP contribution < -0.4 is 0 Å². The number of carbonyl (C=O) groups is 1. The summed E-state index contributed by atoms with van der Waals surface area (Å²) in [6.07, 6.45) is 7.42. The fourth-order valence-corrected chi connectivity index (χ4v) is 3.23. The van der Waals surface area contributed by atoms with Crippen molar-refractivity contribution < 1.29 is 4.79 Å². The number of piperidine rings is 1. The number of rotatable bonds is 3. The molecule has 0 aliphatic carbocycles. The quantitative estimate of drug-likeness (QED) is 0.726. The molecule has 0 bridgehead atoms. The van der Waals surface area contributed by atoms with Crippen molar-refractivity contribution in [2.24, 2.45) is 0 Å². The Morgan fingerprint density at radius 2 is 2.24 bits per heavy atom. The van der Waals surface area contributed by atoms with Crippen LogP contribution in [0.25, 0.3) is 5.69 Å². The first-order chi connectivity index (χ1) is 12.2. The molecular weight excluding hydrogens is 318 g/mol. The summed E-state index contributed by atoms with van der Waals surface area (Å²) in [4.78, 5) is 14.8. The minimum absolute atomic E-state index is 0.0310. The summed E-state index contributed by atoms with van der Waals surface area (Å²) in [6, 6.07) is 7.61. The summed E-state index contributed by atoms with van der Waals surface area (Å²) in [5.74, 6) is 0.0310. The molecule has 25 heavy (non-hydrogen) atoms. The number of benzene rings is 1. The summed E-state index contributed by atoms with van der Waals surface area (Å²) in [7, 11) is 0. The van der Waals surface area contributed by atoms with Crippen LogP contribution in [0.4, 0.5) is 0 Å². The van der Waals surface area contributed by atoms with E-state index < -0.39 is 0 Å². The number of hydrogen-bond donors (Lipinski definition) is 0. The zero-order valence-electron chi connectivity index (χ0n) is 14.0. The Morgan fingerprint density at radius 3 is 3.00 bits per heavy atom. The van der Waals surface area contributed by atoms with Crippen molar-refractivity contribution in [2.75, 3.05) is 13.1 Å². The summed E-state index contributed by atoms with van der Waals surface area (Å²) >= 11 is 0. The van der Waals surface area contributed by atoms with E-state index in [0.717, 1.165) is 30.6 Å². The van der Waals surface area contributed by atoms with Gasteiger partial charge < -0.3 is 4.90 Å². The molecule has 0 saturated carbocycles. The highest BCUT2D eigenvalue weighted by molar-refractivity contribution is 5.94. The van der Waals surface area contributed by atoms with E-state index in [9.17, 15) is 4.79 Å². The summed E-state index contributed by atoms with van der Waals surface area (Å²) in [5.41, 5.74) is 2.55. The Hall–Kier alpha value is -3.03. The molecule has 1 amide bonds. The first-order valence-corrected chi connectivity index (χ1v) is 8.34. The minimum Gasteiger partial charge on any atom is -0.337 e. The highest BCUT2D eigenvalue weighted by Crippen LogP contribution is 2.23. The van der Waals surface area contributed by atoms with Crippen LogP contribution in [0.1, 0.15) is 34.8 Å². The number of tetrazole rings is 1. The van der Waals surface area contributed by atoms with Crippen molar-refractivity contribution in [3.8, 4) is 5.69 Å². The maximum absolute atomic E-state index is 12.9. The molecule has 1 unspecified atom stereocenters. The van der Waals surface area contributed by atoms with Gasteiger partial charge in [0, 0.05) is 24.8 Å². The van der Waals surface area contributed by atoms with Gasteiger partial charge in [-0.05, 0) is 54.0 Å². The van der Waals surface area contributed by atoms with E-state index in [0.29, 0.717) is 12.1 Å². The van der Waals surface area contributed by atoms with Gasteiger partial charge in [0.05, 0.1) is 17.9 Å². The average Bonchev–Trinajstić information content (AvgIpc) is 3.33. The van der Waals surface area contributed by atoms with E-state index in [-0.39, 0.29) is 11.9 Å². The van der Waals surface area contributed by atoms with Crippen molar-refractivity contribution >= 4 is 5.91 Å². The first kappa shape index (κ1) is 15.5. The fraction of sp³-hybridized carbons (Fsp3) is 0.353. The van der Waals surface area contributed by atoms with Crippen LogP contribution in [-0.4, -0.2) is 53.9 Å². The molecule has 3 aromatic rings. The van der Waals surface area contributed by atoms with Gasteiger partial charge in [0.1, 0.15) is 6.33 Å². The van der Waals surface area contributed by atoms with Gasteiger partial charge in [-0.3, -0.25) is 9.48 Å². The second kappa shape index (κ2) is 6.46. The number of aryl methyl sites for hydroxylation is 1. The molecule has 1 atom stereocenters. The zero-order valence-corrected chi connectivity index (χ0v) is 14.0. The van der Waals surface area contributed by atoms with Crippen LogP contribution >= 0.6 is 0 Å². The standard InChI is InChI=1S/C17H19N7O/c1-13-9-19-23(10-13)16-6-3-7-22(11-16)17(25)14-4-2-5-15(8-14)24-12-18-20-21-24/h2,4-5,8-10,12,16H,3,6-7,11H2,1H3. The number of hydrogen-bond acceptors (Lipinski definition) is 5. The molecule has 0 radical (unpaired) electrons. The van der Waals surface area contributed by atoms with Crippen molar-refractivity contribution in [3.05, 3.63) is 54.1 Å². The van der Waals surface area contributed by atoms with Gasteiger partial charge in [-0.15, -0.1) is 5.10 Å². The molecule has 128 valence electrons. The van der Waals surface area contributed by atoms with Gasteiger partial charge in [-0.25, -0.2) is 4.68 Å². The average molecular weight is 337 g/mol. The third-order valence-corrected chi connectivity index (χ3v) is 4.50. The molecule has 2 aromatic heterocycles. The Bertz CT molecular complexity index is 871. The first-order valence-electron chi connectivity index (χ1n) is 8.34. The maximum atomic E-state index is 12.9. The van der Waals surface area contributed by atoms with Crippen molar-refractivity contribution in [3.63, 3.8) is 0 Å². The second-order valence-corrected chi connectivity index (χ2v) is 6.35. The van der Waals surface area contributed by atoms with Crippen molar-refractivity contribution in [1.29, 1.82) is 0 Å². The molecule has 4 rings (SSSR count). The SMILES string of the molecule is Cc1cnn(C2CCCN(C(=O)c3cccc(-n4cnnn4)c3)C2)c1. The Balaban J connectivity index is 1.53. The Morgan fingerprint density at radius 1 is 1.32 bits per heavy atom. The smallest absolute Gasteiger partial charge is 0.254 e. The Labute approximate surface area is 145 Å². The molecule has 1 aromatic carbocycles. The van der Waals surface area contributed by atoms with Gasteiger partial charge in [0.15, 0.2) is 0 Å². The highest BCUT2D eigenvalue weighted by Gasteiger charge is 2.26. The summed E-state index contributed by atoms with van der Waals surface area (Å²) in [6.45, 7) is 3.47. The van der Waals surface area contributed by atoms with Gasteiger partial charge in [-0.1, -0.05) is 6.07 Å². The molecule has 3 heterocycles. The van der Waals surface area contributed by atoms with Crippen LogP contribution in [0.15, 0.2) is 43.0 Å². The predicted octanol–water partition coefficient (Wildman–Crippen LogP) is 1.64. The highest BCUT2D eigenvalue weighted by atomic mass is 16.2. The van der Waals surface area contributed by atoms with E-state index in [2.05, 4.69) is 20.6 Å². The maximum Gasteiger partial charge on any atom is 0.254 e. The predicted molar refractivity (Wildman–Crippen MR) is 90.3 cm³/mol. The van der Waals surface area contributed by atoms with Crippen LogP contribution in [0.3, 0.4) is 0 Å². The van der Waals surface area contributed by atoms with E-state index in [4.69, 9.17) is 0 Å². The molecule has 1 aliphatic rings. The van der Waals surface area contributed by atoms with Gasteiger partial charge in [0.2, 0.25) is 0 Å². The molecule has 8 nitrogen and oxygen atoms in total. The topological polar surface area (TPSA) is 81.7 Å². The van der Waals surface area contributed by atoms with Crippen LogP contribution in [-0.2, 0) is 0 Å². The van der Waals surface area contributed by atoms with Crippen LogP contribution in [0.2, 0.25) is 0 Å². The number of amides is 1. The van der Waals surface area contributed by atoms with Crippen LogP contribution in [0.5, 0.6) is 0 Å². The van der Waals surface area contributed by atoms with Gasteiger partial charge >= 0.3 is 0 Å². The molecule has 0 spiro atoms. The molecule has 1 fully saturated rings. The fourth-order valence-electron chi connectivity index (χ4n) is 3.23. The van der Waals surface area contributed by atoms with Crippen LogP contribution in [0, 0.1) is 6.92 Å². The van der Waals surface area contributed by atoms with E-state index in [1.54, 1.807) is 4.68 Å². The molecule has 8 heteroatoms. The Kier molecular flexibility index (Phi) is 4.01. The number of carbonyl (C=O) groups excluding carboxylic acids is 1. The molecular formula is C17H19N7O. The lowest BCUT2D eigenvalue weighted by molar-refractivity contribution is 0.0673. The molecule has 1 aliphatic heterocycles. The summed E-state index contributed by atoms with van der Waals surface area (Å²) in [5, 5.41) is 15.6. The second-order valence-electron chi connectivity index (χ2n) is 6.35.